The molecule has 102 valence electrons. The van der Waals surface area contributed by atoms with Crippen LogP contribution in [0.4, 0.5) is 9.93 Å². The van der Waals surface area contributed by atoms with Crippen LogP contribution in [0, 0.1) is 0 Å². The number of thioether (sulfide) groups is 1. The van der Waals surface area contributed by atoms with Crippen LogP contribution in [0.5, 0.6) is 0 Å². The Bertz CT molecular complexity index is 387. The quantitative estimate of drug-likeness (QED) is 0.495. The summed E-state index contributed by atoms with van der Waals surface area (Å²) < 4.78 is 0.898. The molecule has 1 heterocycles. The first-order valence-corrected chi connectivity index (χ1v) is 7.76. The van der Waals surface area contributed by atoms with Gasteiger partial charge in [0.05, 0.1) is 0 Å². The molecule has 0 saturated carbocycles. The Hall–Kier alpha value is -0.820. The van der Waals surface area contributed by atoms with E-state index in [-0.39, 0.29) is 11.6 Å². The van der Waals surface area contributed by atoms with Crippen LogP contribution in [0.3, 0.4) is 0 Å². The van der Waals surface area contributed by atoms with Crippen LogP contribution >= 0.6 is 23.1 Å². The summed E-state index contributed by atoms with van der Waals surface area (Å²) in [6.07, 6.45) is 2.34. The van der Waals surface area contributed by atoms with Gasteiger partial charge >= 0.3 is 6.03 Å². The smallest absolute Gasteiger partial charge is 0.321 e. The number of aromatic nitrogens is 2. The van der Waals surface area contributed by atoms with Crippen molar-refractivity contribution in [1.29, 1.82) is 0 Å². The van der Waals surface area contributed by atoms with E-state index in [1.165, 1.54) is 17.8 Å². The number of unbranched alkanes of at least 4 members (excludes halogenated alkanes) is 1. The first kappa shape index (κ1) is 15.2. The molecular formula is C11H20N4OS2. The van der Waals surface area contributed by atoms with Crippen molar-refractivity contribution in [3.8, 4) is 0 Å². The molecule has 0 aromatic carbocycles. The lowest BCUT2D eigenvalue weighted by molar-refractivity contribution is 0.244. The number of carbonyl (C=O) groups excluding carboxylic acids is 1. The van der Waals surface area contributed by atoms with Crippen molar-refractivity contribution >= 4 is 34.3 Å². The molecule has 0 spiro atoms. The van der Waals surface area contributed by atoms with E-state index in [2.05, 4.69) is 27.8 Å². The van der Waals surface area contributed by atoms with Gasteiger partial charge in [-0.25, -0.2) is 4.79 Å². The van der Waals surface area contributed by atoms with Gasteiger partial charge in [0, 0.05) is 11.3 Å². The van der Waals surface area contributed by atoms with Crippen molar-refractivity contribution in [3.05, 3.63) is 0 Å². The van der Waals surface area contributed by atoms with E-state index in [0.29, 0.717) is 5.13 Å². The van der Waals surface area contributed by atoms with Gasteiger partial charge in [-0.15, -0.1) is 10.2 Å². The summed E-state index contributed by atoms with van der Waals surface area (Å²) in [6, 6.07) is -0.247. The number of nitrogens with zero attached hydrogens (tertiary/aromatic N) is 2. The van der Waals surface area contributed by atoms with Crippen LogP contribution in [0.25, 0.3) is 0 Å². The number of hydrogen-bond acceptors (Lipinski definition) is 5. The van der Waals surface area contributed by atoms with Crippen molar-refractivity contribution in [2.24, 2.45) is 0 Å². The minimum Gasteiger partial charge on any atom is -0.333 e. The predicted molar refractivity (Wildman–Crippen MR) is 77.4 cm³/mol. The maximum Gasteiger partial charge on any atom is 0.321 e. The van der Waals surface area contributed by atoms with Crippen LogP contribution in [0.1, 0.15) is 40.5 Å². The van der Waals surface area contributed by atoms with E-state index in [0.717, 1.165) is 16.5 Å². The lowest BCUT2D eigenvalue weighted by atomic mass is 10.1. The van der Waals surface area contributed by atoms with Gasteiger partial charge in [-0.3, -0.25) is 5.32 Å². The fourth-order valence-electron chi connectivity index (χ4n) is 1.09. The van der Waals surface area contributed by atoms with Crippen molar-refractivity contribution in [3.63, 3.8) is 0 Å². The number of amides is 2. The number of urea groups is 1. The minimum atomic E-state index is -0.256. The molecule has 2 amide bonds. The average Bonchev–Trinajstić information content (AvgIpc) is 2.63. The summed E-state index contributed by atoms with van der Waals surface area (Å²) in [5, 5.41) is 14.0. The molecule has 1 aromatic heterocycles. The Morgan fingerprint density at radius 1 is 1.39 bits per heavy atom. The molecule has 0 atom stereocenters. The number of rotatable bonds is 5. The maximum atomic E-state index is 11.6. The second-order valence-electron chi connectivity index (χ2n) is 4.90. The van der Waals surface area contributed by atoms with Gasteiger partial charge in [-0.05, 0) is 27.2 Å². The van der Waals surface area contributed by atoms with Crippen molar-refractivity contribution < 1.29 is 4.79 Å². The maximum absolute atomic E-state index is 11.6. The molecular weight excluding hydrogens is 268 g/mol. The Morgan fingerprint density at radius 3 is 2.72 bits per heavy atom. The van der Waals surface area contributed by atoms with E-state index in [4.69, 9.17) is 0 Å². The largest absolute Gasteiger partial charge is 0.333 e. The second kappa shape index (κ2) is 6.94. The molecule has 0 fully saturated rings. The normalized spacial score (nSPS) is 11.3. The zero-order valence-corrected chi connectivity index (χ0v) is 12.9. The zero-order chi connectivity index (χ0) is 13.6. The molecule has 0 unspecified atom stereocenters. The third-order valence-corrected chi connectivity index (χ3v) is 3.90. The highest BCUT2D eigenvalue weighted by Gasteiger charge is 2.15. The van der Waals surface area contributed by atoms with Gasteiger partial charge in [0.25, 0.3) is 0 Å². The molecule has 7 heteroatoms. The molecule has 0 radical (unpaired) electrons. The van der Waals surface area contributed by atoms with E-state index in [9.17, 15) is 4.79 Å². The molecule has 2 N–H and O–H groups in total. The standard InChI is InChI=1S/C11H20N4OS2/c1-5-6-7-17-10-15-14-9(18-10)12-8(16)13-11(2,3)4/h5-7H2,1-4H3,(H2,12,13,14,16). The Kier molecular flexibility index (Phi) is 5.87. The van der Waals surface area contributed by atoms with Crippen molar-refractivity contribution in [2.75, 3.05) is 11.1 Å². The summed E-state index contributed by atoms with van der Waals surface area (Å²) in [4.78, 5) is 11.6. The summed E-state index contributed by atoms with van der Waals surface area (Å²) in [6.45, 7) is 7.95. The second-order valence-corrected chi connectivity index (χ2v) is 7.22. The summed E-state index contributed by atoms with van der Waals surface area (Å²) in [7, 11) is 0. The molecule has 1 aromatic rings. The van der Waals surface area contributed by atoms with E-state index < -0.39 is 0 Å². The Labute approximate surface area is 116 Å². The van der Waals surface area contributed by atoms with Gasteiger partial charge < -0.3 is 5.32 Å². The van der Waals surface area contributed by atoms with Crippen LogP contribution in [-0.4, -0.2) is 27.5 Å². The summed E-state index contributed by atoms with van der Waals surface area (Å²) in [5.41, 5.74) is -0.256. The zero-order valence-electron chi connectivity index (χ0n) is 11.2. The van der Waals surface area contributed by atoms with Gasteiger partial charge in [0.2, 0.25) is 5.13 Å². The molecule has 1 rings (SSSR count). The first-order chi connectivity index (χ1) is 8.40. The topological polar surface area (TPSA) is 66.9 Å². The lowest BCUT2D eigenvalue weighted by Gasteiger charge is -2.19. The molecule has 0 aliphatic heterocycles. The summed E-state index contributed by atoms with van der Waals surface area (Å²) in [5.74, 6) is 1.04. The number of anilines is 1. The SMILES string of the molecule is CCCCSc1nnc(NC(=O)NC(C)(C)C)s1. The van der Waals surface area contributed by atoms with Crippen LogP contribution in [0.15, 0.2) is 4.34 Å². The monoisotopic (exact) mass is 288 g/mol. The Morgan fingerprint density at radius 2 is 2.11 bits per heavy atom. The van der Waals surface area contributed by atoms with Gasteiger partial charge in [0.15, 0.2) is 4.34 Å². The highest BCUT2D eigenvalue weighted by Crippen LogP contribution is 2.26. The Balaban J connectivity index is 2.41. The number of nitrogens with one attached hydrogen (secondary N) is 2. The fraction of sp³-hybridized carbons (Fsp3) is 0.727. The average molecular weight is 288 g/mol. The molecule has 0 saturated heterocycles. The molecule has 5 nitrogen and oxygen atoms in total. The number of carbonyl (C=O) groups is 1. The predicted octanol–water partition coefficient (Wildman–Crippen LogP) is 3.35. The first-order valence-electron chi connectivity index (χ1n) is 5.96. The van der Waals surface area contributed by atoms with Gasteiger partial charge in [-0.2, -0.15) is 0 Å². The van der Waals surface area contributed by atoms with Crippen LogP contribution < -0.4 is 10.6 Å². The van der Waals surface area contributed by atoms with E-state index in [1.807, 2.05) is 20.8 Å². The number of hydrogen-bond donors (Lipinski definition) is 2. The molecule has 0 aliphatic carbocycles. The third kappa shape index (κ3) is 6.20. The van der Waals surface area contributed by atoms with Gasteiger partial charge in [-0.1, -0.05) is 36.4 Å². The van der Waals surface area contributed by atoms with Gasteiger partial charge in [0.1, 0.15) is 0 Å². The molecule has 0 bridgehead atoms. The van der Waals surface area contributed by atoms with Crippen molar-refractivity contribution in [1.82, 2.24) is 15.5 Å². The van der Waals surface area contributed by atoms with Crippen LogP contribution in [0.2, 0.25) is 0 Å². The third-order valence-electron chi connectivity index (χ3n) is 1.84. The fourth-order valence-corrected chi connectivity index (χ4v) is 2.99. The summed E-state index contributed by atoms with van der Waals surface area (Å²) >= 11 is 3.09. The van der Waals surface area contributed by atoms with Crippen molar-refractivity contribution in [2.45, 2.75) is 50.4 Å². The molecule has 18 heavy (non-hydrogen) atoms. The highest BCUT2D eigenvalue weighted by atomic mass is 32.2. The van der Waals surface area contributed by atoms with Crippen LogP contribution in [-0.2, 0) is 0 Å². The van der Waals surface area contributed by atoms with E-state index in [1.54, 1.807) is 11.8 Å². The lowest BCUT2D eigenvalue weighted by Crippen LogP contribution is -2.43. The molecule has 0 aliphatic rings. The minimum absolute atomic E-state index is 0.247. The highest BCUT2D eigenvalue weighted by molar-refractivity contribution is 8.01. The van der Waals surface area contributed by atoms with E-state index >= 15 is 0 Å².